The van der Waals surface area contributed by atoms with E-state index in [0.29, 0.717) is 35.6 Å². The van der Waals surface area contributed by atoms with Crippen LogP contribution in [0.1, 0.15) is 10.4 Å². The van der Waals surface area contributed by atoms with Crippen LogP contribution in [0.25, 0.3) is 10.8 Å². The van der Waals surface area contributed by atoms with Crippen LogP contribution in [0.2, 0.25) is 0 Å². The first-order chi connectivity index (χ1) is 11.7. The highest BCUT2D eigenvalue weighted by Crippen LogP contribution is 2.25. The molecule has 1 aliphatic rings. The molecule has 2 heterocycles. The fraction of sp³-hybridized carbons (Fsp3) is 0.158. The lowest BCUT2D eigenvalue weighted by atomic mass is 10.1. The smallest absolute Gasteiger partial charge is 0.260 e. The third kappa shape index (κ3) is 2.17. The van der Waals surface area contributed by atoms with Gasteiger partial charge >= 0.3 is 0 Å². The molecule has 1 aromatic heterocycles. The predicted octanol–water partition coefficient (Wildman–Crippen LogP) is 2.67. The number of fused-ring (bicyclic) bond motifs is 2. The quantitative estimate of drug-likeness (QED) is 0.729. The van der Waals surface area contributed by atoms with Gasteiger partial charge in [-0.2, -0.15) is 0 Å². The van der Waals surface area contributed by atoms with Crippen molar-refractivity contribution < 1.29 is 9.53 Å². The van der Waals surface area contributed by atoms with Crippen molar-refractivity contribution in [2.45, 2.75) is 6.54 Å². The number of carbonyl (C=O) groups excluding carboxylic acids is 1. The molecule has 0 bridgehead atoms. The van der Waals surface area contributed by atoms with Crippen LogP contribution in [0.5, 0.6) is 5.75 Å². The molecule has 120 valence electrons. The third-order valence-electron chi connectivity index (χ3n) is 4.40. The van der Waals surface area contributed by atoms with Gasteiger partial charge in [0.25, 0.3) is 11.5 Å². The number of aromatic nitrogens is 1. The van der Waals surface area contributed by atoms with Crippen molar-refractivity contribution in [1.82, 2.24) is 4.57 Å². The Morgan fingerprint density at radius 3 is 2.54 bits per heavy atom. The molecule has 3 aromatic rings. The molecule has 0 unspecified atom stereocenters. The van der Waals surface area contributed by atoms with Gasteiger partial charge < -0.3 is 4.74 Å². The monoisotopic (exact) mass is 320 g/mol. The number of methoxy groups -OCH3 is 1. The summed E-state index contributed by atoms with van der Waals surface area (Å²) in [6.45, 7) is 1.01. The summed E-state index contributed by atoms with van der Waals surface area (Å²) in [5, 5.41) is 1.53. The number of amides is 1. The number of ether oxygens (including phenoxy) is 1. The van der Waals surface area contributed by atoms with E-state index in [-0.39, 0.29) is 11.5 Å². The summed E-state index contributed by atoms with van der Waals surface area (Å²) in [5.41, 5.74) is 0.526. The standard InChI is InChI=1S/C19H16N2O3/c1-24-15-8-6-13(7-9-15)18(22)20-10-11-21-17(20)12-14-4-2-3-5-16(14)19(21)23/h2-9,12H,10-11H2,1H3. The fourth-order valence-electron chi connectivity index (χ4n) is 3.13. The van der Waals surface area contributed by atoms with Gasteiger partial charge in [-0.1, -0.05) is 18.2 Å². The fourth-order valence-corrected chi connectivity index (χ4v) is 3.13. The van der Waals surface area contributed by atoms with E-state index in [0.717, 1.165) is 5.39 Å². The molecule has 5 heteroatoms. The van der Waals surface area contributed by atoms with Gasteiger partial charge in [-0.3, -0.25) is 19.1 Å². The van der Waals surface area contributed by atoms with Crippen molar-refractivity contribution in [3.8, 4) is 5.75 Å². The summed E-state index contributed by atoms with van der Waals surface area (Å²) in [6.07, 6.45) is 0. The minimum atomic E-state index is -0.112. The maximum absolute atomic E-state index is 12.8. The van der Waals surface area contributed by atoms with Crippen molar-refractivity contribution in [3.63, 3.8) is 0 Å². The van der Waals surface area contributed by atoms with Gasteiger partial charge in [0.2, 0.25) is 0 Å². The molecule has 0 N–H and O–H groups in total. The van der Waals surface area contributed by atoms with Crippen molar-refractivity contribution in [1.29, 1.82) is 0 Å². The number of nitrogens with zero attached hydrogens (tertiary/aromatic N) is 2. The first-order valence-electron chi connectivity index (χ1n) is 7.77. The second kappa shape index (κ2) is 5.53. The average molecular weight is 320 g/mol. The van der Waals surface area contributed by atoms with Gasteiger partial charge in [-0.15, -0.1) is 0 Å². The van der Waals surface area contributed by atoms with Gasteiger partial charge in [-0.25, -0.2) is 0 Å². The van der Waals surface area contributed by atoms with Gasteiger partial charge in [-0.05, 0) is 41.8 Å². The zero-order valence-corrected chi connectivity index (χ0v) is 13.2. The second-order valence-corrected chi connectivity index (χ2v) is 5.73. The number of pyridine rings is 1. The molecule has 2 aromatic carbocycles. The molecule has 1 aliphatic heterocycles. The molecule has 0 saturated carbocycles. The number of hydrogen-bond donors (Lipinski definition) is 0. The number of benzene rings is 2. The van der Waals surface area contributed by atoms with E-state index in [1.165, 1.54) is 0 Å². The molecule has 0 fully saturated rings. The molecule has 1 amide bonds. The predicted molar refractivity (Wildman–Crippen MR) is 92.9 cm³/mol. The van der Waals surface area contributed by atoms with Crippen LogP contribution in [0.3, 0.4) is 0 Å². The highest BCUT2D eigenvalue weighted by atomic mass is 16.5. The maximum Gasteiger partial charge on any atom is 0.260 e. The van der Waals surface area contributed by atoms with Gasteiger partial charge in [0.05, 0.1) is 7.11 Å². The zero-order chi connectivity index (χ0) is 16.7. The Morgan fingerprint density at radius 1 is 1.04 bits per heavy atom. The Labute approximate surface area is 138 Å². The summed E-state index contributed by atoms with van der Waals surface area (Å²) in [4.78, 5) is 27.1. The Morgan fingerprint density at radius 2 is 1.79 bits per heavy atom. The molecule has 4 rings (SSSR count). The lowest BCUT2D eigenvalue weighted by Gasteiger charge is -2.17. The first kappa shape index (κ1) is 14.5. The minimum absolute atomic E-state index is 0.0480. The largest absolute Gasteiger partial charge is 0.497 e. The normalized spacial score (nSPS) is 13.1. The summed E-state index contributed by atoms with van der Waals surface area (Å²) >= 11 is 0. The first-order valence-corrected chi connectivity index (χ1v) is 7.77. The van der Waals surface area contributed by atoms with Crippen molar-refractivity contribution in [2.75, 3.05) is 18.6 Å². The average Bonchev–Trinajstić information content (AvgIpc) is 3.05. The molecular weight excluding hydrogens is 304 g/mol. The Hall–Kier alpha value is -3.08. The van der Waals surface area contributed by atoms with Gasteiger partial charge in [0.15, 0.2) is 0 Å². The third-order valence-corrected chi connectivity index (χ3v) is 4.40. The topological polar surface area (TPSA) is 51.5 Å². The number of anilines is 1. The summed E-state index contributed by atoms with van der Waals surface area (Å²) < 4.78 is 6.79. The molecular formula is C19H16N2O3. The molecule has 0 radical (unpaired) electrons. The molecule has 0 aliphatic carbocycles. The zero-order valence-electron chi connectivity index (χ0n) is 13.2. The van der Waals surface area contributed by atoms with Crippen LogP contribution in [0.4, 0.5) is 5.82 Å². The van der Waals surface area contributed by atoms with E-state index in [1.807, 2.05) is 30.3 Å². The Kier molecular flexibility index (Phi) is 3.34. The van der Waals surface area contributed by atoms with Crippen molar-refractivity contribution in [3.05, 3.63) is 70.5 Å². The van der Waals surface area contributed by atoms with Gasteiger partial charge in [0.1, 0.15) is 11.6 Å². The van der Waals surface area contributed by atoms with Crippen molar-refractivity contribution >= 4 is 22.5 Å². The molecule has 24 heavy (non-hydrogen) atoms. The second-order valence-electron chi connectivity index (χ2n) is 5.73. The van der Waals surface area contributed by atoms with E-state index in [2.05, 4.69) is 0 Å². The van der Waals surface area contributed by atoms with Crippen LogP contribution in [-0.4, -0.2) is 24.1 Å². The number of carbonyl (C=O) groups is 1. The maximum atomic E-state index is 12.8. The van der Waals surface area contributed by atoms with Crippen LogP contribution in [0.15, 0.2) is 59.4 Å². The summed E-state index contributed by atoms with van der Waals surface area (Å²) in [6, 6.07) is 16.4. The van der Waals surface area contributed by atoms with Crippen LogP contribution < -0.4 is 15.2 Å². The van der Waals surface area contributed by atoms with E-state index in [9.17, 15) is 9.59 Å². The van der Waals surface area contributed by atoms with Gasteiger partial charge in [0, 0.05) is 24.0 Å². The lowest BCUT2D eigenvalue weighted by molar-refractivity contribution is 0.0989. The van der Waals surface area contributed by atoms with E-state index >= 15 is 0 Å². The lowest BCUT2D eigenvalue weighted by Crippen LogP contribution is -2.29. The van der Waals surface area contributed by atoms with E-state index in [1.54, 1.807) is 40.8 Å². The summed E-state index contributed by atoms with van der Waals surface area (Å²) in [5.74, 6) is 1.24. The van der Waals surface area contributed by atoms with E-state index < -0.39 is 0 Å². The molecule has 0 saturated heterocycles. The summed E-state index contributed by atoms with van der Waals surface area (Å²) in [7, 11) is 1.59. The Bertz CT molecular complexity index is 990. The van der Waals surface area contributed by atoms with E-state index in [4.69, 9.17) is 4.74 Å². The Balaban J connectivity index is 1.78. The van der Waals surface area contributed by atoms with Crippen molar-refractivity contribution in [2.24, 2.45) is 0 Å². The highest BCUT2D eigenvalue weighted by Gasteiger charge is 2.27. The number of rotatable bonds is 2. The SMILES string of the molecule is COc1ccc(C(=O)N2CCn3c2cc2ccccc2c3=O)cc1. The van der Waals surface area contributed by atoms with Crippen LogP contribution in [0, 0.1) is 0 Å². The number of hydrogen-bond acceptors (Lipinski definition) is 3. The molecule has 0 atom stereocenters. The highest BCUT2D eigenvalue weighted by molar-refractivity contribution is 6.06. The minimum Gasteiger partial charge on any atom is -0.497 e. The van der Waals surface area contributed by atoms with Crippen LogP contribution in [-0.2, 0) is 6.54 Å². The molecule has 5 nitrogen and oxygen atoms in total. The molecule has 0 spiro atoms. The van der Waals surface area contributed by atoms with Crippen LogP contribution >= 0.6 is 0 Å².